The maximum Gasteiger partial charge on any atom is 0.244 e. The molecule has 2 amide bonds. The molecule has 3 N–H and O–H groups in total. The van der Waals surface area contributed by atoms with Crippen LogP contribution in [0, 0.1) is 0 Å². The van der Waals surface area contributed by atoms with Crippen molar-refractivity contribution in [3.8, 4) is 0 Å². The summed E-state index contributed by atoms with van der Waals surface area (Å²) >= 11 is 12.1. The van der Waals surface area contributed by atoms with Gasteiger partial charge in [0.1, 0.15) is 0 Å². The number of nitrogens with zero attached hydrogens (tertiary/aromatic N) is 1. The second-order valence-electron chi connectivity index (χ2n) is 5.79. The monoisotopic (exact) mass is 393 g/mol. The first-order valence-electron chi connectivity index (χ1n) is 8.24. The Hall–Kier alpha value is -2.08. The van der Waals surface area contributed by atoms with Gasteiger partial charge in [-0.25, -0.2) is 0 Å². The molecule has 0 fully saturated rings. The molecule has 0 spiro atoms. The van der Waals surface area contributed by atoms with Crippen LogP contribution in [0.2, 0.25) is 10.0 Å². The molecule has 2 aromatic rings. The van der Waals surface area contributed by atoms with Crippen molar-refractivity contribution < 1.29 is 9.59 Å². The second-order valence-corrected chi connectivity index (χ2v) is 6.61. The molecule has 138 valence electrons. The number of halogens is 2. The molecule has 0 radical (unpaired) electrons. The fourth-order valence-electron chi connectivity index (χ4n) is 2.50. The smallest absolute Gasteiger partial charge is 0.244 e. The normalized spacial score (nSPS) is 11.7. The van der Waals surface area contributed by atoms with E-state index in [4.69, 9.17) is 28.9 Å². The van der Waals surface area contributed by atoms with Gasteiger partial charge in [-0.15, -0.1) is 0 Å². The van der Waals surface area contributed by atoms with Crippen molar-refractivity contribution >= 4 is 40.7 Å². The number of hydrogen-bond donors (Lipinski definition) is 2. The van der Waals surface area contributed by atoms with Crippen molar-refractivity contribution in [3.63, 3.8) is 0 Å². The highest BCUT2D eigenvalue weighted by atomic mass is 35.5. The summed E-state index contributed by atoms with van der Waals surface area (Å²) < 4.78 is 0. The summed E-state index contributed by atoms with van der Waals surface area (Å²) in [6.45, 7) is 2.03. The minimum Gasteiger partial charge on any atom is -0.332 e. The third-order valence-electron chi connectivity index (χ3n) is 3.87. The Labute approximate surface area is 163 Å². The Morgan fingerprint density at radius 1 is 1.08 bits per heavy atom. The summed E-state index contributed by atoms with van der Waals surface area (Å²) in [5.41, 5.74) is 7.34. The molecule has 0 aliphatic heterocycles. The Kier molecular flexibility index (Phi) is 7.45. The van der Waals surface area contributed by atoms with Gasteiger partial charge in [-0.2, -0.15) is 0 Å². The lowest BCUT2D eigenvalue weighted by molar-refractivity contribution is -0.135. The maximum atomic E-state index is 12.6. The minimum atomic E-state index is -0.714. The number of rotatable bonds is 7. The zero-order chi connectivity index (χ0) is 19.1. The number of benzene rings is 2. The fourth-order valence-corrected chi connectivity index (χ4v) is 3.00. The summed E-state index contributed by atoms with van der Waals surface area (Å²) in [7, 11) is 0. The van der Waals surface area contributed by atoms with Crippen molar-refractivity contribution in [2.24, 2.45) is 5.73 Å². The van der Waals surface area contributed by atoms with E-state index in [1.54, 1.807) is 25.1 Å². The highest BCUT2D eigenvalue weighted by Crippen LogP contribution is 2.29. The molecule has 0 aromatic heterocycles. The molecule has 26 heavy (non-hydrogen) atoms. The van der Waals surface area contributed by atoms with Crippen molar-refractivity contribution in [1.29, 1.82) is 0 Å². The maximum absolute atomic E-state index is 12.6. The van der Waals surface area contributed by atoms with E-state index in [0.29, 0.717) is 28.7 Å². The summed E-state index contributed by atoms with van der Waals surface area (Å²) in [4.78, 5) is 26.3. The SMILES string of the molecule is CCN(CC(=O)Nc1c(Cl)cccc1Cl)C(=O)C(N)Cc1ccccc1. The third kappa shape index (κ3) is 5.46. The molecule has 0 aliphatic carbocycles. The molecule has 1 atom stereocenters. The first kappa shape index (κ1) is 20.2. The van der Waals surface area contributed by atoms with Crippen LogP contribution < -0.4 is 11.1 Å². The van der Waals surface area contributed by atoms with E-state index in [1.165, 1.54) is 4.90 Å². The van der Waals surface area contributed by atoms with E-state index in [9.17, 15) is 9.59 Å². The quantitative estimate of drug-likeness (QED) is 0.756. The topological polar surface area (TPSA) is 75.4 Å². The second kappa shape index (κ2) is 9.57. The highest BCUT2D eigenvalue weighted by Gasteiger charge is 2.22. The van der Waals surface area contributed by atoms with E-state index >= 15 is 0 Å². The first-order valence-corrected chi connectivity index (χ1v) is 9.00. The summed E-state index contributed by atoms with van der Waals surface area (Å²) in [6.07, 6.45) is 0.411. The lowest BCUT2D eigenvalue weighted by atomic mass is 10.1. The van der Waals surface area contributed by atoms with Crippen LogP contribution in [0.5, 0.6) is 0 Å². The predicted octanol–water partition coefficient (Wildman–Crippen LogP) is 3.35. The van der Waals surface area contributed by atoms with Crippen LogP contribution in [0.3, 0.4) is 0 Å². The molecular formula is C19H21Cl2N3O2. The van der Waals surface area contributed by atoms with Crippen molar-refractivity contribution in [2.45, 2.75) is 19.4 Å². The fraction of sp³-hybridized carbons (Fsp3) is 0.263. The number of nitrogens with two attached hydrogens (primary N) is 1. The molecule has 0 heterocycles. The highest BCUT2D eigenvalue weighted by molar-refractivity contribution is 6.39. The van der Waals surface area contributed by atoms with Gasteiger partial charge in [-0.1, -0.05) is 59.6 Å². The molecule has 2 rings (SSSR count). The third-order valence-corrected chi connectivity index (χ3v) is 4.50. The number of hydrogen-bond acceptors (Lipinski definition) is 3. The van der Waals surface area contributed by atoms with Crippen LogP contribution in [-0.4, -0.2) is 35.8 Å². The van der Waals surface area contributed by atoms with Gasteiger partial charge in [0.05, 0.1) is 28.3 Å². The van der Waals surface area contributed by atoms with Crippen molar-refractivity contribution in [3.05, 3.63) is 64.1 Å². The largest absolute Gasteiger partial charge is 0.332 e. The van der Waals surface area contributed by atoms with Gasteiger partial charge in [0.2, 0.25) is 11.8 Å². The van der Waals surface area contributed by atoms with E-state index in [2.05, 4.69) is 5.32 Å². The van der Waals surface area contributed by atoms with Gasteiger partial charge in [0.15, 0.2) is 0 Å². The van der Waals surface area contributed by atoms with Gasteiger partial charge in [0.25, 0.3) is 0 Å². The number of para-hydroxylation sites is 1. The lowest BCUT2D eigenvalue weighted by Gasteiger charge is -2.24. The number of nitrogens with one attached hydrogen (secondary N) is 1. The van der Waals surface area contributed by atoms with Crippen molar-refractivity contribution in [1.82, 2.24) is 4.90 Å². The summed E-state index contributed by atoms with van der Waals surface area (Å²) in [5, 5.41) is 3.32. The average Bonchev–Trinajstić information content (AvgIpc) is 2.63. The first-order chi connectivity index (χ1) is 12.4. The molecule has 1 unspecified atom stereocenters. The predicted molar refractivity (Wildman–Crippen MR) is 105 cm³/mol. The Morgan fingerprint density at radius 3 is 2.27 bits per heavy atom. The van der Waals surface area contributed by atoms with E-state index < -0.39 is 6.04 Å². The molecule has 0 saturated heterocycles. The van der Waals surface area contributed by atoms with Crippen LogP contribution >= 0.6 is 23.2 Å². The van der Waals surface area contributed by atoms with Gasteiger partial charge in [-0.05, 0) is 31.0 Å². The van der Waals surface area contributed by atoms with E-state index in [0.717, 1.165) is 5.56 Å². The number of carbonyl (C=O) groups is 2. The van der Waals surface area contributed by atoms with Gasteiger partial charge >= 0.3 is 0 Å². The van der Waals surface area contributed by atoms with Crippen molar-refractivity contribution in [2.75, 3.05) is 18.4 Å². The Morgan fingerprint density at radius 2 is 1.69 bits per heavy atom. The molecule has 7 heteroatoms. The van der Waals surface area contributed by atoms with Crippen LogP contribution in [0.15, 0.2) is 48.5 Å². The number of likely N-dealkylation sites (N-methyl/N-ethyl adjacent to an activating group) is 1. The molecule has 0 bridgehead atoms. The molecule has 5 nitrogen and oxygen atoms in total. The van der Waals surface area contributed by atoms with Gasteiger partial charge in [-0.3, -0.25) is 9.59 Å². The molecule has 2 aromatic carbocycles. The van der Waals surface area contributed by atoms with E-state index in [1.807, 2.05) is 30.3 Å². The molecule has 0 saturated carbocycles. The van der Waals surface area contributed by atoms with Crippen LogP contribution in [0.1, 0.15) is 12.5 Å². The van der Waals surface area contributed by atoms with Crippen LogP contribution in [-0.2, 0) is 16.0 Å². The van der Waals surface area contributed by atoms with Crippen LogP contribution in [0.4, 0.5) is 5.69 Å². The standard InChI is InChI=1S/C19H21Cl2N3O2/c1-2-24(19(26)16(22)11-13-7-4-3-5-8-13)12-17(25)23-18-14(20)9-6-10-15(18)21/h3-10,16H,2,11-12,22H2,1H3,(H,23,25). The molecule has 0 aliphatic rings. The lowest BCUT2D eigenvalue weighted by Crippen LogP contribution is -2.47. The summed E-state index contributed by atoms with van der Waals surface area (Å²) in [6, 6.07) is 13.7. The number of carbonyl (C=O) groups excluding carboxylic acids is 2. The van der Waals surface area contributed by atoms with Crippen LogP contribution in [0.25, 0.3) is 0 Å². The summed E-state index contributed by atoms with van der Waals surface area (Å²) in [5.74, 6) is -0.668. The van der Waals surface area contributed by atoms with Gasteiger partial charge in [0, 0.05) is 6.54 Å². The minimum absolute atomic E-state index is 0.126. The average molecular weight is 394 g/mol. The Balaban J connectivity index is 1.99. The number of amides is 2. The van der Waals surface area contributed by atoms with Gasteiger partial charge < -0.3 is 16.0 Å². The molecular weight excluding hydrogens is 373 g/mol. The zero-order valence-electron chi connectivity index (χ0n) is 14.4. The van der Waals surface area contributed by atoms with E-state index in [-0.39, 0.29) is 18.4 Å². The zero-order valence-corrected chi connectivity index (χ0v) is 15.9. The Bertz CT molecular complexity index is 748. The number of anilines is 1.